The predicted octanol–water partition coefficient (Wildman–Crippen LogP) is 4.52. The summed E-state index contributed by atoms with van der Waals surface area (Å²) in [4.78, 5) is 20.9. The Labute approximate surface area is 152 Å². The first-order valence-electron chi connectivity index (χ1n) is 7.80. The van der Waals surface area contributed by atoms with Gasteiger partial charge in [0.1, 0.15) is 10.4 Å². The zero-order valence-corrected chi connectivity index (χ0v) is 15.0. The summed E-state index contributed by atoms with van der Waals surface area (Å²) in [5.41, 5.74) is 3.01. The average Bonchev–Trinajstić information content (AvgIpc) is 3.17. The summed E-state index contributed by atoms with van der Waals surface area (Å²) in [5.74, 6) is -0.372. The molecule has 0 saturated heterocycles. The molecular weight excluding hydrogens is 358 g/mol. The third-order valence-corrected chi connectivity index (χ3v) is 5.57. The molecule has 0 aliphatic carbocycles. The van der Waals surface area contributed by atoms with Gasteiger partial charge in [-0.1, -0.05) is 23.7 Å². The van der Waals surface area contributed by atoms with Crippen LogP contribution in [-0.4, -0.2) is 27.1 Å². The molecule has 0 atom stereocenters. The van der Waals surface area contributed by atoms with E-state index in [1.165, 1.54) is 11.3 Å². The first-order valence-corrected chi connectivity index (χ1v) is 8.99. The van der Waals surface area contributed by atoms with Crippen LogP contribution in [0.2, 0.25) is 5.02 Å². The Balaban J connectivity index is 1.70. The Kier molecular flexibility index (Phi) is 4.15. The molecule has 0 bridgehead atoms. The van der Waals surface area contributed by atoms with Gasteiger partial charge in [0.25, 0.3) is 0 Å². The number of esters is 1. The second-order valence-corrected chi connectivity index (χ2v) is 6.96. The van der Waals surface area contributed by atoms with Crippen molar-refractivity contribution in [3.8, 4) is 0 Å². The third-order valence-electron chi connectivity index (χ3n) is 3.93. The standard InChI is InChI=1S/C18H14ClN3O2S/c1-2-24-18(23)17-16(19)12-4-3-11(7-15(12)25-17)9-22-10-21-13-8-20-6-5-14(13)22/h3-8,10H,2,9H2,1H3. The van der Waals surface area contributed by atoms with Crippen molar-refractivity contribution >= 4 is 50.0 Å². The highest BCUT2D eigenvalue weighted by Gasteiger charge is 2.18. The number of carbonyl (C=O) groups excluding carboxylic acids is 1. The van der Waals surface area contributed by atoms with Crippen LogP contribution in [0.1, 0.15) is 22.2 Å². The summed E-state index contributed by atoms with van der Waals surface area (Å²) >= 11 is 7.71. The second kappa shape index (κ2) is 6.46. The fourth-order valence-electron chi connectivity index (χ4n) is 2.77. The molecule has 5 nitrogen and oxygen atoms in total. The molecule has 0 fully saturated rings. The zero-order chi connectivity index (χ0) is 17.4. The highest BCUT2D eigenvalue weighted by Crippen LogP contribution is 2.36. The number of hydrogen-bond donors (Lipinski definition) is 0. The van der Waals surface area contributed by atoms with Gasteiger partial charge in [-0.05, 0) is 24.6 Å². The van der Waals surface area contributed by atoms with Crippen molar-refractivity contribution in [3.05, 3.63) is 58.4 Å². The first kappa shape index (κ1) is 16.1. The van der Waals surface area contributed by atoms with Crippen LogP contribution in [0.3, 0.4) is 0 Å². The number of carbonyl (C=O) groups is 1. The quantitative estimate of drug-likeness (QED) is 0.495. The molecule has 7 heteroatoms. The van der Waals surface area contributed by atoms with Gasteiger partial charge < -0.3 is 9.30 Å². The molecule has 0 aliphatic rings. The average molecular weight is 372 g/mol. The number of imidazole rings is 1. The minimum absolute atomic E-state index is 0.331. The summed E-state index contributed by atoms with van der Waals surface area (Å²) in [7, 11) is 0. The lowest BCUT2D eigenvalue weighted by Crippen LogP contribution is -2.02. The molecule has 3 heterocycles. The van der Waals surface area contributed by atoms with Crippen molar-refractivity contribution in [2.45, 2.75) is 13.5 Å². The van der Waals surface area contributed by atoms with E-state index in [1.807, 2.05) is 24.5 Å². The van der Waals surface area contributed by atoms with Crippen LogP contribution in [0.4, 0.5) is 0 Å². The summed E-state index contributed by atoms with van der Waals surface area (Å²) < 4.78 is 8.11. The lowest BCUT2D eigenvalue weighted by Gasteiger charge is -2.04. The minimum Gasteiger partial charge on any atom is -0.462 e. The Bertz CT molecular complexity index is 1090. The van der Waals surface area contributed by atoms with Gasteiger partial charge in [-0.3, -0.25) is 4.98 Å². The van der Waals surface area contributed by atoms with Crippen LogP contribution in [0.25, 0.3) is 21.1 Å². The molecule has 3 aromatic heterocycles. The number of nitrogens with zero attached hydrogens (tertiary/aromatic N) is 3. The largest absolute Gasteiger partial charge is 0.462 e. The van der Waals surface area contributed by atoms with E-state index in [0.29, 0.717) is 23.1 Å². The van der Waals surface area contributed by atoms with Crippen LogP contribution in [0.5, 0.6) is 0 Å². The van der Waals surface area contributed by atoms with Crippen molar-refractivity contribution in [2.75, 3.05) is 6.61 Å². The van der Waals surface area contributed by atoms with Crippen molar-refractivity contribution in [1.29, 1.82) is 0 Å². The maximum Gasteiger partial charge on any atom is 0.349 e. The van der Waals surface area contributed by atoms with E-state index < -0.39 is 0 Å². The number of benzene rings is 1. The molecule has 0 spiro atoms. The van der Waals surface area contributed by atoms with Gasteiger partial charge >= 0.3 is 5.97 Å². The predicted molar refractivity (Wildman–Crippen MR) is 99.4 cm³/mol. The Morgan fingerprint density at radius 1 is 1.36 bits per heavy atom. The number of ether oxygens (including phenoxy) is 1. The highest BCUT2D eigenvalue weighted by atomic mass is 35.5. The number of aromatic nitrogens is 3. The summed E-state index contributed by atoms with van der Waals surface area (Å²) in [6.07, 6.45) is 5.32. The fraction of sp³-hybridized carbons (Fsp3) is 0.167. The van der Waals surface area contributed by atoms with E-state index in [-0.39, 0.29) is 5.97 Å². The van der Waals surface area contributed by atoms with Crippen molar-refractivity contribution in [3.63, 3.8) is 0 Å². The number of pyridine rings is 1. The molecule has 25 heavy (non-hydrogen) atoms. The molecule has 4 rings (SSSR count). The Hall–Kier alpha value is -2.44. The number of thiophene rings is 1. The zero-order valence-electron chi connectivity index (χ0n) is 13.4. The van der Waals surface area contributed by atoms with Crippen LogP contribution in [0.15, 0.2) is 43.0 Å². The molecule has 0 radical (unpaired) electrons. The molecule has 126 valence electrons. The van der Waals surface area contributed by atoms with Gasteiger partial charge in [-0.25, -0.2) is 9.78 Å². The van der Waals surface area contributed by atoms with E-state index in [4.69, 9.17) is 16.3 Å². The van der Waals surface area contributed by atoms with Gasteiger partial charge in [-0.2, -0.15) is 0 Å². The van der Waals surface area contributed by atoms with Gasteiger partial charge in [0.15, 0.2) is 0 Å². The third kappa shape index (κ3) is 2.88. The number of rotatable bonds is 4. The molecule has 1 aromatic carbocycles. The van der Waals surface area contributed by atoms with E-state index in [0.717, 1.165) is 26.7 Å². The van der Waals surface area contributed by atoms with Crippen LogP contribution in [0, 0.1) is 0 Å². The topological polar surface area (TPSA) is 57.0 Å². The fourth-order valence-corrected chi connectivity index (χ4v) is 4.24. The molecule has 0 aliphatic heterocycles. The monoisotopic (exact) mass is 371 g/mol. The lowest BCUT2D eigenvalue weighted by atomic mass is 10.1. The molecule has 0 N–H and O–H groups in total. The molecule has 0 amide bonds. The number of halogens is 1. The lowest BCUT2D eigenvalue weighted by molar-refractivity contribution is 0.0532. The minimum atomic E-state index is -0.372. The van der Waals surface area contributed by atoms with E-state index in [1.54, 1.807) is 19.3 Å². The second-order valence-electron chi connectivity index (χ2n) is 5.53. The maximum atomic E-state index is 12.0. The normalized spacial score (nSPS) is 11.3. The van der Waals surface area contributed by atoms with Gasteiger partial charge in [0, 0.05) is 22.8 Å². The smallest absolute Gasteiger partial charge is 0.349 e. The molecule has 0 saturated carbocycles. The van der Waals surface area contributed by atoms with Gasteiger partial charge in [0.05, 0.1) is 29.7 Å². The SMILES string of the molecule is CCOC(=O)c1sc2cc(Cn3cnc4cnccc43)ccc2c1Cl. The van der Waals surface area contributed by atoms with Gasteiger partial charge in [-0.15, -0.1) is 11.3 Å². The Morgan fingerprint density at radius 3 is 3.08 bits per heavy atom. The molecule has 4 aromatic rings. The van der Waals surface area contributed by atoms with Crippen molar-refractivity contribution < 1.29 is 9.53 Å². The summed E-state index contributed by atoms with van der Waals surface area (Å²) in [5, 5.41) is 1.34. The molecule has 0 unspecified atom stereocenters. The van der Waals surface area contributed by atoms with Crippen molar-refractivity contribution in [1.82, 2.24) is 14.5 Å². The van der Waals surface area contributed by atoms with E-state index in [2.05, 4.69) is 20.6 Å². The Morgan fingerprint density at radius 2 is 2.24 bits per heavy atom. The van der Waals surface area contributed by atoms with E-state index in [9.17, 15) is 4.79 Å². The number of hydrogen-bond acceptors (Lipinski definition) is 5. The molecular formula is C18H14ClN3O2S. The summed E-state index contributed by atoms with van der Waals surface area (Å²) in [6, 6.07) is 7.97. The maximum absolute atomic E-state index is 12.0. The van der Waals surface area contributed by atoms with Crippen molar-refractivity contribution in [2.24, 2.45) is 0 Å². The summed E-state index contributed by atoms with van der Waals surface area (Å²) in [6.45, 7) is 2.79. The van der Waals surface area contributed by atoms with Crippen LogP contribution < -0.4 is 0 Å². The van der Waals surface area contributed by atoms with Crippen LogP contribution in [-0.2, 0) is 11.3 Å². The first-order chi connectivity index (χ1) is 12.2. The van der Waals surface area contributed by atoms with E-state index >= 15 is 0 Å². The number of fused-ring (bicyclic) bond motifs is 2. The van der Waals surface area contributed by atoms with Crippen LogP contribution >= 0.6 is 22.9 Å². The van der Waals surface area contributed by atoms with Gasteiger partial charge in [0.2, 0.25) is 0 Å². The highest BCUT2D eigenvalue weighted by molar-refractivity contribution is 7.21.